The average molecular weight is 403 g/mol. The van der Waals surface area contributed by atoms with Crippen molar-refractivity contribution in [3.8, 4) is 0 Å². The largest absolute Gasteiger partial charge is 0.396 e. The summed E-state index contributed by atoms with van der Waals surface area (Å²) in [6, 6.07) is 0. The summed E-state index contributed by atoms with van der Waals surface area (Å²) in [5.41, 5.74) is 2.51. The Morgan fingerprint density at radius 2 is 1.83 bits per heavy atom. The molecule has 2 N–H and O–H groups in total. The highest BCUT2D eigenvalue weighted by atomic mass is 16.3. The van der Waals surface area contributed by atoms with Crippen LogP contribution < -0.4 is 0 Å². The van der Waals surface area contributed by atoms with Gasteiger partial charge in [0.1, 0.15) is 0 Å². The highest BCUT2D eigenvalue weighted by molar-refractivity contribution is 5.25. The van der Waals surface area contributed by atoms with E-state index in [2.05, 4.69) is 33.8 Å². The summed E-state index contributed by atoms with van der Waals surface area (Å²) in [7, 11) is 0. The van der Waals surface area contributed by atoms with Crippen molar-refractivity contribution in [2.45, 2.75) is 104 Å². The lowest BCUT2D eigenvalue weighted by molar-refractivity contribution is -0.0573. The van der Waals surface area contributed by atoms with Gasteiger partial charge in [-0.25, -0.2) is 0 Å². The number of allylic oxidation sites excluding steroid dienone is 1. The lowest BCUT2D eigenvalue weighted by atomic mass is 9.47. The molecule has 4 aliphatic rings. The third-order valence-corrected chi connectivity index (χ3v) is 10.5. The Morgan fingerprint density at radius 3 is 2.59 bits per heavy atom. The predicted octanol–water partition coefficient (Wildman–Crippen LogP) is 6.36. The molecule has 166 valence electrons. The molecular weight excluding hydrogens is 356 g/mol. The molecule has 0 bridgehead atoms. The fourth-order valence-electron chi connectivity index (χ4n) is 8.70. The molecule has 0 spiro atoms. The van der Waals surface area contributed by atoms with Gasteiger partial charge in [-0.2, -0.15) is 0 Å². The summed E-state index contributed by atoms with van der Waals surface area (Å²) in [6.45, 7) is 10.2. The molecule has 3 saturated carbocycles. The van der Waals surface area contributed by atoms with Crippen molar-refractivity contribution in [2.24, 2.45) is 46.3 Å². The number of hydrogen-bond donors (Lipinski definition) is 2. The maximum atomic E-state index is 10.2. The van der Waals surface area contributed by atoms with E-state index in [1.807, 2.05) is 0 Å². The Bertz CT molecular complexity index is 612. The van der Waals surface area contributed by atoms with Gasteiger partial charge in [-0.3, -0.25) is 0 Å². The molecule has 0 aliphatic heterocycles. The zero-order valence-corrected chi connectivity index (χ0v) is 19.5. The van der Waals surface area contributed by atoms with E-state index < -0.39 is 0 Å². The summed E-state index contributed by atoms with van der Waals surface area (Å²) in [4.78, 5) is 0. The van der Waals surface area contributed by atoms with Crippen molar-refractivity contribution in [1.29, 1.82) is 0 Å². The zero-order valence-electron chi connectivity index (χ0n) is 19.5. The van der Waals surface area contributed by atoms with E-state index in [0.29, 0.717) is 23.4 Å². The molecule has 0 aromatic rings. The molecule has 0 saturated heterocycles. The number of aliphatic hydroxyl groups excluding tert-OH is 2. The molecule has 9 atom stereocenters. The highest BCUT2D eigenvalue weighted by Crippen LogP contribution is 2.67. The molecule has 0 aromatic heterocycles. The van der Waals surface area contributed by atoms with Crippen LogP contribution in [0.15, 0.2) is 11.6 Å². The fraction of sp³-hybridized carbons (Fsp3) is 0.926. The molecule has 1 unspecified atom stereocenters. The van der Waals surface area contributed by atoms with Crippen LogP contribution in [-0.2, 0) is 0 Å². The minimum Gasteiger partial charge on any atom is -0.396 e. The van der Waals surface area contributed by atoms with E-state index in [4.69, 9.17) is 0 Å². The first-order chi connectivity index (χ1) is 13.8. The third kappa shape index (κ3) is 3.75. The zero-order chi connectivity index (χ0) is 20.8. The number of fused-ring (bicyclic) bond motifs is 5. The summed E-state index contributed by atoms with van der Waals surface area (Å²) in [5, 5.41) is 19.5. The normalized spacial score (nSPS) is 46.3. The van der Waals surface area contributed by atoms with E-state index in [-0.39, 0.29) is 6.10 Å². The number of aliphatic hydroxyl groups is 2. The number of rotatable bonds is 6. The average Bonchev–Trinajstić information content (AvgIpc) is 3.05. The van der Waals surface area contributed by atoms with Crippen molar-refractivity contribution >= 4 is 0 Å². The first-order valence-electron chi connectivity index (χ1n) is 12.8. The van der Waals surface area contributed by atoms with Gasteiger partial charge in [0, 0.05) is 6.61 Å². The topological polar surface area (TPSA) is 40.5 Å². The van der Waals surface area contributed by atoms with Gasteiger partial charge in [-0.05, 0) is 104 Å². The molecule has 0 amide bonds. The second kappa shape index (κ2) is 8.30. The van der Waals surface area contributed by atoms with Gasteiger partial charge in [-0.1, -0.05) is 52.2 Å². The summed E-state index contributed by atoms with van der Waals surface area (Å²) >= 11 is 0. The molecule has 29 heavy (non-hydrogen) atoms. The molecule has 2 heteroatoms. The van der Waals surface area contributed by atoms with Crippen molar-refractivity contribution < 1.29 is 10.2 Å². The fourth-order valence-corrected chi connectivity index (χ4v) is 8.70. The highest BCUT2D eigenvalue weighted by Gasteiger charge is 2.59. The maximum Gasteiger partial charge on any atom is 0.0577 e. The van der Waals surface area contributed by atoms with Crippen molar-refractivity contribution in [3.63, 3.8) is 0 Å². The van der Waals surface area contributed by atoms with E-state index in [1.165, 1.54) is 57.8 Å². The lowest BCUT2D eigenvalue weighted by Gasteiger charge is -2.58. The Kier molecular flexibility index (Phi) is 6.26. The van der Waals surface area contributed by atoms with E-state index >= 15 is 0 Å². The molecule has 4 rings (SSSR count). The van der Waals surface area contributed by atoms with Gasteiger partial charge in [0.25, 0.3) is 0 Å². The molecule has 2 nitrogen and oxygen atoms in total. The summed E-state index contributed by atoms with van der Waals surface area (Å²) < 4.78 is 0. The maximum absolute atomic E-state index is 10.2. The molecule has 0 heterocycles. The standard InChI is InChI=1S/C27H46O2/c1-18(17-28)6-5-7-19(2)23-10-11-24-22-9-8-20-16-21(29)12-14-26(20,3)25(22)13-15-27(23,24)4/h8,18-19,21-25,28-29H,5-7,9-17H2,1-4H3/t18-,19-,21+,22?,23-,24+,25+,26+,27-/m1/s1. The van der Waals surface area contributed by atoms with Crippen LogP contribution in [-0.4, -0.2) is 22.9 Å². The smallest absolute Gasteiger partial charge is 0.0577 e. The molecule has 4 aliphatic carbocycles. The van der Waals surface area contributed by atoms with E-state index in [1.54, 1.807) is 5.57 Å². The van der Waals surface area contributed by atoms with Gasteiger partial charge in [-0.15, -0.1) is 0 Å². The second-order valence-electron chi connectivity index (χ2n) is 12.1. The van der Waals surface area contributed by atoms with Crippen LogP contribution in [0.5, 0.6) is 0 Å². The SMILES string of the molecule is C[C@@H](CO)CCC[C@@H](C)[C@H]1CC[C@H]2C3CC=C4C[C@@H](O)CC[C@]4(C)[C@H]3CC[C@]12C. The summed E-state index contributed by atoms with van der Waals surface area (Å²) in [5.74, 6) is 4.82. The van der Waals surface area contributed by atoms with Gasteiger partial charge in [0.05, 0.1) is 6.10 Å². The van der Waals surface area contributed by atoms with Crippen molar-refractivity contribution in [2.75, 3.05) is 6.61 Å². The van der Waals surface area contributed by atoms with Gasteiger partial charge in [0.15, 0.2) is 0 Å². The van der Waals surface area contributed by atoms with E-state index in [9.17, 15) is 10.2 Å². The molecular formula is C27H46O2. The van der Waals surface area contributed by atoms with Crippen LogP contribution >= 0.6 is 0 Å². The monoisotopic (exact) mass is 402 g/mol. The van der Waals surface area contributed by atoms with Crippen LogP contribution in [0.4, 0.5) is 0 Å². The minimum absolute atomic E-state index is 0.0926. The predicted molar refractivity (Wildman–Crippen MR) is 120 cm³/mol. The Hall–Kier alpha value is -0.340. The van der Waals surface area contributed by atoms with Crippen LogP contribution in [0, 0.1) is 46.3 Å². The second-order valence-corrected chi connectivity index (χ2v) is 12.1. The first kappa shape index (κ1) is 21.9. The first-order valence-corrected chi connectivity index (χ1v) is 12.8. The van der Waals surface area contributed by atoms with Gasteiger partial charge in [0.2, 0.25) is 0 Å². The van der Waals surface area contributed by atoms with Crippen LogP contribution in [0.3, 0.4) is 0 Å². The van der Waals surface area contributed by atoms with Crippen molar-refractivity contribution in [1.82, 2.24) is 0 Å². The quantitative estimate of drug-likeness (QED) is 0.507. The van der Waals surface area contributed by atoms with E-state index in [0.717, 1.165) is 42.4 Å². The van der Waals surface area contributed by atoms with Gasteiger partial charge < -0.3 is 10.2 Å². The van der Waals surface area contributed by atoms with Gasteiger partial charge >= 0.3 is 0 Å². The van der Waals surface area contributed by atoms with Crippen LogP contribution in [0.25, 0.3) is 0 Å². The van der Waals surface area contributed by atoms with Crippen LogP contribution in [0.1, 0.15) is 98.3 Å². The lowest BCUT2D eigenvalue weighted by Crippen LogP contribution is -2.50. The molecule has 0 aromatic carbocycles. The van der Waals surface area contributed by atoms with Crippen LogP contribution in [0.2, 0.25) is 0 Å². The minimum atomic E-state index is -0.0926. The molecule has 0 radical (unpaired) electrons. The Morgan fingerprint density at radius 1 is 1.03 bits per heavy atom. The molecule has 3 fully saturated rings. The summed E-state index contributed by atoms with van der Waals surface area (Å²) in [6.07, 6.45) is 16.4. The third-order valence-electron chi connectivity index (χ3n) is 10.5. The Labute approximate surface area is 179 Å². The number of hydrogen-bond acceptors (Lipinski definition) is 2. The van der Waals surface area contributed by atoms with Crippen molar-refractivity contribution in [3.05, 3.63) is 11.6 Å². The Balaban J connectivity index is 1.46.